The summed E-state index contributed by atoms with van der Waals surface area (Å²) in [6, 6.07) is 0. The third kappa shape index (κ3) is 19.1. The van der Waals surface area contributed by atoms with Crippen molar-refractivity contribution in [3.05, 3.63) is 0 Å². The number of nitrogens with two attached hydrogens (primary N) is 4. The van der Waals surface area contributed by atoms with Crippen LogP contribution in [0, 0.1) is 0 Å². The Hall–Kier alpha value is -6.10. The molecule has 0 unspecified atom stereocenters. The maximum atomic E-state index is 13.3. The normalized spacial score (nSPS) is 16.3. The van der Waals surface area contributed by atoms with E-state index < -0.39 is 62.0 Å². The number of piperazine rings is 4. The molecule has 4 rings (SSSR count). The Morgan fingerprint density at radius 2 is 0.472 bits per heavy atom. The summed E-state index contributed by atoms with van der Waals surface area (Å²) < 4.78 is 21.7. The summed E-state index contributed by atoms with van der Waals surface area (Å²) in [4.78, 5) is 160. The molecule has 4 heterocycles. The zero-order valence-corrected chi connectivity index (χ0v) is 40.3. The van der Waals surface area contributed by atoms with Crippen LogP contribution in [0.4, 0.5) is 9.59 Å². The molecule has 4 aliphatic heterocycles. The molecule has 0 aliphatic carbocycles. The van der Waals surface area contributed by atoms with Gasteiger partial charge in [0.05, 0.1) is 26.4 Å². The molecule has 32 heteroatoms. The lowest BCUT2D eigenvalue weighted by atomic mass is 10.2. The fourth-order valence-corrected chi connectivity index (χ4v) is 7.77. The highest BCUT2D eigenvalue weighted by molar-refractivity contribution is 5.89. The van der Waals surface area contributed by atoms with Crippen LogP contribution >= 0.6 is 0 Å². The second-order valence-electron chi connectivity index (χ2n) is 16.5. The van der Waals surface area contributed by atoms with Crippen molar-refractivity contribution < 1.29 is 86.2 Å². The Kier molecular flexibility index (Phi) is 25.5. The van der Waals surface area contributed by atoms with E-state index in [4.69, 9.17) is 42.5 Å². The SMILES string of the molecule is NOCC(=O)N1CCN(C(=O)CN(CC(=O)N2CCN(C(=O)CON)CC2)C(=O)OCCOCCOCCOC(=O)N(CC(=O)N2CCN(C(=O)CON)CC2)CC(=O)N2CCN(C(=O)CON)CC2)CC1. The molecule has 0 aromatic carbocycles. The number of amides is 10. The van der Waals surface area contributed by atoms with Crippen molar-refractivity contribution in [1.82, 2.24) is 49.0 Å². The van der Waals surface area contributed by atoms with Crippen LogP contribution in [0.25, 0.3) is 0 Å². The van der Waals surface area contributed by atoms with E-state index in [0.29, 0.717) is 0 Å². The van der Waals surface area contributed by atoms with Crippen molar-refractivity contribution in [2.24, 2.45) is 23.6 Å². The molecule has 72 heavy (non-hydrogen) atoms. The van der Waals surface area contributed by atoms with E-state index in [1.165, 1.54) is 39.2 Å². The van der Waals surface area contributed by atoms with Crippen LogP contribution in [0.2, 0.25) is 0 Å². The standard InChI is InChI=1S/C40H68N14O18/c41-69-27-35(59)49-9-1-45(2-10-49)31(55)23-53(24-32(56)46-3-11-50(12-4-46)36(60)28-70-42)39(63)67-21-19-65-17-18-66-20-22-68-40(64)54(25-33(57)47-5-13-51(14-6-47)37(61)29-71-43)26-34(58)48-7-15-52(16-8-48)38(62)30-72-44/h1-30,41-44H2. The summed E-state index contributed by atoms with van der Waals surface area (Å²) >= 11 is 0. The summed E-state index contributed by atoms with van der Waals surface area (Å²) in [5.74, 6) is 16.8. The van der Waals surface area contributed by atoms with E-state index in [0.717, 1.165) is 9.80 Å². The number of carbonyl (C=O) groups excluding carboxylic acids is 10. The number of ether oxygens (including phenoxy) is 4. The zero-order chi connectivity index (χ0) is 52.4. The van der Waals surface area contributed by atoms with Crippen molar-refractivity contribution in [1.29, 1.82) is 0 Å². The van der Waals surface area contributed by atoms with Gasteiger partial charge in [-0.3, -0.25) is 67.5 Å². The van der Waals surface area contributed by atoms with Crippen molar-refractivity contribution in [2.45, 2.75) is 0 Å². The Balaban J connectivity index is 1.21. The van der Waals surface area contributed by atoms with Gasteiger partial charge in [-0.2, -0.15) is 0 Å². The summed E-state index contributed by atoms with van der Waals surface area (Å²) in [6.07, 6.45) is -1.92. The lowest BCUT2D eigenvalue weighted by molar-refractivity contribution is -0.144. The molecule has 4 fully saturated rings. The van der Waals surface area contributed by atoms with Crippen LogP contribution in [-0.2, 0) is 76.7 Å². The molecule has 4 aliphatic rings. The largest absolute Gasteiger partial charge is 0.447 e. The minimum atomic E-state index is -0.959. The number of hydrogen-bond acceptors (Lipinski definition) is 22. The van der Waals surface area contributed by atoms with Crippen LogP contribution in [0.3, 0.4) is 0 Å². The molecule has 0 aromatic rings. The second-order valence-corrected chi connectivity index (χ2v) is 16.5. The van der Waals surface area contributed by atoms with E-state index >= 15 is 0 Å². The number of nitrogens with zero attached hydrogens (tertiary/aromatic N) is 10. The molecule has 4 saturated heterocycles. The average molecular weight is 1030 g/mol. The second kappa shape index (κ2) is 31.4. The summed E-state index contributed by atoms with van der Waals surface area (Å²) in [7, 11) is 0. The van der Waals surface area contributed by atoms with Crippen molar-refractivity contribution in [3.8, 4) is 0 Å². The Morgan fingerprint density at radius 1 is 0.292 bits per heavy atom. The number of hydrogen-bond donors (Lipinski definition) is 4. The maximum Gasteiger partial charge on any atom is 0.410 e. The van der Waals surface area contributed by atoms with Gasteiger partial charge in [-0.1, -0.05) is 0 Å². The summed E-state index contributed by atoms with van der Waals surface area (Å²) in [5, 5.41) is 0. The predicted octanol–water partition coefficient (Wildman–Crippen LogP) is -7.86. The van der Waals surface area contributed by atoms with E-state index in [9.17, 15) is 47.9 Å². The van der Waals surface area contributed by atoms with Gasteiger partial charge in [-0.15, -0.1) is 0 Å². The minimum Gasteiger partial charge on any atom is -0.447 e. The molecular weight excluding hydrogens is 965 g/mol. The Morgan fingerprint density at radius 3 is 0.667 bits per heavy atom. The van der Waals surface area contributed by atoms with Gasteiger partial charge in [0.1, 0.15) is 65.8 Å². The molecule has 0 saturated carbocycles. The Labute approximate surface area is 414 Å². The quantitative estimate of drug-likeness (QED) is 0.0487. The Bertz CT molecular complexity index is 1590. The summed E-state index contributed by atoms with van der Waals surface area (Å²) in [5.41, 5.74) is 0. The van der Waals surface area contributed by atoms with Crippen LogP contribution in [0.1, 0.15) is 0 Å². The molecule has 406 valence electrons. The topological polar surface area (TPSA) is 381 Å². The first kappa shape index (κ1) is 58.5. The van der Waals surface area contributed by atoms with Crippen molar-refractivity contribution in [2.75, 3.05) is 197 Å². The highest BCUT2D eigenvalue weighted by atomic mass is 16.6. The lowest BCUT2D eigenvalue weighted by Crippen LogP contribution is -2.56. The van der Waals surface area contributed by atoms with Crippen LogP contribution in [-0.4, -0.2) is 305 Å². The minimum absolute atomic E-state index is 0.0231. The van der Waals surface area contributed by atoms with Gasteiger partial charge >= 0.3 is 12.2 Å². The van der Waals surface area contributed by atoms with Gasteiger partial charge in [0, 0.05) is 105 Å². The predicted molar refractivity (Wildman–Crippen MR) is 241 cm³/mol. The average Bonchev–Trinajstić information content (AvgIpc) is 3.38. The molecular formula is C40H68N14O18. The number of carbonyl (C=O) groups is 10. The van der Waals surface area contributed by atoms with E-state index in [1.807, 2.05) is 0 Å². The van der Waals surface area contributed by atoms with Crippen LogP contribution < -0.4 is 23.6 Å². The van der Waals surface area contributed by atoms with E-state index in [-0.39, 0.29) is 194 Å². The van der Waals surface area contributed by atoms with Gasteiger partial charge in [0.15, 0.2) is 0 Å². The molecule has 0 radical (unpaired) electrons. The first-order valence-corrected chi connectivity index (χ1v) is 23.2. The number of rotatable bonds is 25. The third-order valence-electron chi connectivity index (χ3n) is 11.9. The maximum absolute atomic E-state index is 13.3. The molecule has 32 nitrogen and oxygen atoms in total. The highest BCUT2D eigenvalue weighted by Gasteiger charge is 2.33. The highest BCUT2D eigenvalue weighted by Crippen LogP contribution is 2.11. The molecule has 0 atom stereocenters. The van der Waals surface area contributed by atoms with Gasteiger partial charge in [-0.25, -0.2) is 33.2 Å². The molecule has 8 N–H and O–H groups in total. The first-order chi connectivity index (χ1) is 34.7. The van der Waals surface area contributed by atoms with E-state index in [2.05, 4.69) is 19.4 Å². The van der Waals surface area contributed by atoms with Gasteiger partial charge in [0.25, 0.3) is 23.6 Å². The van der Waals surface area contributed by atoms with Crippen molar-refractivity contribution >= 4 is 59.4 Å². The van der Waals surface area contributed by atoms with Crippen molar-refractivity contribution in [3.63, 3.8) is 0 Å². The molecule has 10 amide bonds. The first-order valence-electron chi connectivity index (χ1n) is 23.2. The van der Waals surface area contributed by atoms with E-state index in [1.54, 1.807) is 0 Å². The fraction of sp³-hybridized carbons (Fsp3) is 0.750. The summed E-state index contributed by atoms with van der Waals surface area (Å²) in [6.45, 7) is -0.884. The van der Waals surface area contributed by atoms with Gasteiger partial charge in [-0.05, 0) is 0 Å². The van der Waals surface area contributed by atoms with Crippen LogP contribution in [0.15, 0.2) is 0 Å². The van der Waals surface area contributed by atoms with Gasteiger partial charge in [0.2, 0.25) is 23.6 Å². The lowest BCUT2D eigenvalue weighted by Gasteiger charge is -2.37. The fourth-order valence-electron chi connectivity index (χ4n) is 7.77. The molecule has 0 bridgehead atoms. The zero-order valence-electron chi connectivity index (χ0n) is 40.3. The van der Waals surface area contributed by atoms with Gasteiger partial charge < -0.3 is 58.1 Å². The smallest absolute Gasteiger partial charge is 0.410 e. The third-order valence-corrected chi connectivity index (χ3v) is 11.9. The molecule has 0 aromatic heterocycles. The van der Waals surface area contributed by atoms with Crippen LogP contribution in [0.5, 0.6) is 0 Å². The molecule has 0 spiro atoms. The monoisotopic (exact) mass is 1030 g/mol.